The van der Waals surface area contributed by atoms with Crippen molar-refractivity contribution in [2.45, 2.75) is 6.42 Å². The number of nitrogens with one attached hydrogen (secondary N) is 1. The molecule has 0 spiro atoms. The molecular weight excluding hydrogens is 396 g/mol. The van der Waals surface area contributed by atoms with Crippen molar-refractivity contribution in [2.24, 2.45) is 0 Å². The van der Waals surface area contributed by atoms with Crippen molar-refractivity contribution in [1.82, 2.24) is 10.2 Å². The molecule has 0 bridgehead atoms. The first kappa shape index (κ1) is 20.3. The first-order valence-corrected chi connectivity index (χ1v) is 9.49. The van der Waals surface area contributed by atoms with E-state index in [0.29, 0.717) is 12.2 Å². The zero-order valence-corrected chi connectivity index (χ0v) is 16.0. The smallest absolute Gasteiger partial charge is 0.294 e. The number of phenolic OH excluding ortho intramolecular Hbond substituents is 2. The lowest BCUT2D eigenvalue weighted by molar-refractivity contribution is -0.129. The zero-order chi connectivity index (χ0) is 20.8. The Morgan fingerprint density at radius 3 is 2.76 bits per heavy atom. The van der Waals surface area contributed by atoms with Crippen LogP contribution in [0.4, 0.5) is 4.79 Å². The topological polar surface area (TPSA) is 120 Å². The van der Waals surface area contributed by atoms with Crippen molar-refractivity contribution in [2.75, 3.05) is 13.1 Å². The summed E-state index contributed by atoms with van der Waals surface area (Å²) in [5.41, 5.74) is 0.720. The Balaban J connectivity index is 1.50. The molecule has 9 heteroatoms. The van der Waals surface area contributed by atoms with Gasteiger partial charge in [-0.2, -0.15) is 0 Å². The van der Waals surface area contributed by atoms with Crippen LogP contribution in [0.1, 0.15) is 11.3 Å². The number of hydrogen-bond acceptors (Lipinski definition) is 7. The van der Waals surface area contributed by atoms with Crippen LogP contribution in [-0.2, 0) is 16.0 Å². The average Bonchev–Trinajstić information content (AvgIpc) is 3.29. The van der Waals surface area contributed by atoms with Gasteiger partial charge in [-0.1, -0.05) is 12.1 Å². The van der Waals surface area contributed by atoms with Gasteiger partial charge in [0.05, 0.1) is 11.2 Å². The van der Waals surface area contributed by atoms with Crippen molar-refractivity contribution < 1.29 is 29.0 Å². The third kappa shape index (κ3) is 5.29. The zero-order valence-electron chi connectivity index (χ0n) is 15.2. The van der Waals surface area contributed by atoms with Crippen molar-refractivity contribution in [1.29, 1.82) is 0 Å². The molecule has 1 aliphatic rings. The molecule has 0 aliphatic carbocycles. The van der Waals surface area contributed by atoms with E-state index < -0.39 is 17.1 Å². The third-order valence-corrected chi connectivity index (χ3v) is 4.93. The van der Waals surface area contributed by atoms with Crippen LogP contribution >= 0.6 is 11.8 Å². The van der Waals surface area contributed by atoms with Gasteiger partial charge in [-0.25, -0.2) is 0 Å². The van der Waals surface area contributed by atoms with E-state index in [1.807, 2.05) is 0 Å². The Kier molecular flexibility index (Phi) is 6.40. The summed E-state index contributed by atoms with van der Waals surface area (Å²) in [6.07, 6.45) is 6.70. The maximum atomic E-state index is 12.3. The number of thioether (sulfide) groups is 1. The van der Waals surface area contributed by atoms with Crippen LogP contribution in [0, 0.1) is 0 Å². The van der Waals surface area contributed by atoms with Crippen molar-refractivity contribution >= 4 is 34.9 Å². The molecule has 2 aromatic rings. The van der Waals surface area contributed by atoms with Gasteiger partial charge < -0.3 is 19.9 Å². The highest BCUT2D eigenvalue weighted by molar-refractivity contribution is 8.18. The van der Waals surface area contributed by atoms with E-state index in [1.165, 1.54) is 24.5 Å². The fraction of sp³-hybridized carbons (Fsp3) is 0.150. The summed E-state index contributed by atoms with van der Waals surface area (Å²) in [5.74, 6) is -0.837. The van der Waals surface area contributed by atoms with Gasteiger partial charge in [-0.05, 0) is 60.2 Å². The minimum absolute atomic E-state index is 0.218. The van der Waals surface area contributed by atoms with Crippen molar-refractivity contribution in [3.8, 4) is 11.5 Å². The van der Waals surface area contributed by atoms with Gasteiger partial charge in [-0.15, -0.1) is 0 Å². The second kappa shape index (κ2) is 9.16. The second-order valence-corrected chi connectivity index (χ2v) is 7.08. The molecule has 1 aromatic carbocycles. The van der Waals surface area contributed by atoms with Crippen LogP contribution in [0.5, 0.6) is 11.5 Å². The monoisotopic (exact) mass is 414 g/mol. The molecule has 0 unspecified atom stereocenters. The van der Waals surface area contributed by atoms with E-state index in [-0.39, 0.29) is 29.5 Å². The van der Waals surface area contributed by atoms with Gasteiger partial charge in [0, 0.05) is 6.54 Å². The maximum absolute atomic E-state index is 12.3. The standard InChI is InChI=1S/C20H18N2O6S/c23-15-7-6-13(11-16(15)24)8-9-21-18(25)12-22-19(26)17(29-20(22)27)5-1-3-14-4-2-10-28-14/h1-7,10-11,23-24H,8-9,12H2,(H,21,25). The van der Waals surface area contributed by atoms with Gasteiger partial charge >= 0.3 is 0 Å². The van der Waals surface area contributed by atoms with E-state index in [0.717, 1.165) is 22.2 Å². The molecule has 0 radical (unpaired) electrons. The van der Waals surface area contributed by atoms with Crippen molar-refractivity contribution in [3.63, 3.8) is 0 Å². The molecule has 1 aliphatic heterocycles. The molecule has 29 heavy (non-hydrogen) atoms. The number of amides is 3. The number of allylic oxidation sites excluding steroid dienone is 2. The molecule has 3 rings (SSSR count). The minimum atomic E-state index is -0.525. The molecule has 3 N–H and O–H groups in total. The Hall–Kier alpha value is -3.46. The van der Waals surface area contributed by atoms with Crippen LogP contribution in [0.25, 0.3) is 6.08 Å². The van der Waals surface area contributed by atoms with E-state index in [4.69, 9.17) is 4.42 Å². The average molecular weight is 414 g/mol. The lowest BCUT2D eigenvalue weighted by atomic mass is 10.1. The number of phenols is 2. The van der Waals surface area contributed by atoms with Gasteiger partial charge in [0.25, 0.3) is 11.1 Å². The number of rotatable bonds is 7. The summed E-state index contributed by atoms with van der Waals surface area (Å²) >= 11 is 0.770. The lowest BCUT2D eigenvalue weighted by Gasteiger charge is -2.12. The fourth-order valence-corrected chi connectivity index (χ4v) is 3.33. The summed E-state index contributed by atoms with van der Waals surface area (Å²) in [4.78, 5) is 37.6. The Morgan fingerprint density at radius 1 is 1.21 bits per heavy atom. The number of benzene rings is 1. The molecule has 0 atom stereocenters. The molecule has 2 heterocycles. The highest BCUT2D eigenvalue weighted by Gasteiger charge is 2.35. The number of carbonyl (C=O) groups is 3. The third-order valence-electron chi connectivity index (χ3n) is 4.00. The number of aromatic hydroxyl groups is 2. The summed E-state index contributed by atoms with van der Waals surface area (Å²) in [7, 11) is 0. The Labute approximate surface area is 170 Å². The summed E-state index contributed by atoms with van der Waals surface area (Å²) in [6.45, 7) is -0.119. The number of hydrogen-bond donors (Lipinski definition) is 3. The molecule has 0 saturated carbocycles. The van der Waals surface area contributed by atoms with Crippen LogP contribution in [0.3, 0.4) is 0 Å². The lowest BCUT2D eigenvalue weighted by Crippen LogP contribution is -2.40. The molecular formula is C20H18N2O6S. The predicted octanol–water partition coefficient (Wildman–Crippen LogP) is 2.64. The van der Waals surface area contributed by atoms with E-state index in [2.05, 4.69) is 5.32 Å². The van der Waals surface area contributed by atoms with Gasteiger partial charge in [0.15, 0.2) is 11.5 Å². The first-order valence-electron chi connectivity index (χ1n) is 8.67. The Morgan fingerprint density at radius 2 is 2.03 bits per heavy atom. The van der Waals surface area contributed by atoms with E-state index in [1.54, 1.807) is 30.4 Å². The fourth-order valence-electron chi connectivity index (χ4n) is 2.54. The first-order chi connectivity index (χ1) is 13.9. The Bertz CT molecular complexity index is 981. The molecule has 8 nitrogen and oxygen atoms in total. The minimum Gasteiger partial charge on any atom is -0.504 e. The molecule has 1 saturated heterocycles. The van der Waals surface area contributed by atoms with Gasteiger partial charge in [-0.3, -0.25) is 19.3 Å². The summed E-state index contributed by atoms with van der Waals surface area (Å²) in [5, 5.41) is 20.9. The largest absolute Gasteiger partial charge is 0.504 e. The van der Waals surface area contributed by atoms with E-state index in [9.17, 15) is 24.6 Å². The number of furan rings is 1. The summed E-state index contributed by atoms with van der Waals surface area (Å²) in [6, 6.07) is 7.87. The number of nitrogens with zero attached hydrogens (tertiary/aromatic N) is 1. The number of carbonyl (C=O) groups excluding carboxylic acids is 3. The SMILES string of the molecule is O=C(CN1C(=O)SC(=CC=Cc2ccco2)C1=O)NCCc1ccc(O)c(O)c1. The van der Waals surface area contributed by atoms with Crippen LogP contribution in [0.2, 0.25) is 0 Å². The predicted molar refractivity (Wildman–Crippen MR) is 107 cm³/mol. The second-order valence-electron chi connectivity index (χ2n) is 6.09. The molecule has 1 aromatic heterocycles. The normalized spacial score (nSPS) is 15.6. The van der Waals surface area contributed by atoms with Gasteiger partial charge in [0.2, 0.25) is 5.91 Å². The molecule has 1 fully saturated rings. The number of imide groups is 1. The van der Waals surface area contributed by atoms with Crippen LogP contribution < -0.4 is 5.32 Å². The molecule has 3 amide bonds. The summed E-state index contributed by atoms with van der Waals surface area (Å²) < 4.78 is 5.14. The van der Waals surface area contributed by atoms with Crippen molar-refractivity contribution in [3.05, 3.63) is 65.0 Å². The van der Waals surface area contributed by atoms with E-state index >= 15 is 0 Å². The van der Waals surface area contributed by atoms with Gasteiger partial charge in [0.1, 0.15) is 12.3 Å². The van der Waals surface area contributed by atoms with Crippen LogP contribution in [-0.4, -0.2) is 45.3 Å². The quantitative estimate of drug-likeness (QED) is 0.470. The highest BCUT2D eigenvalue weighted by Crippen LogP contribution is 2.30. The molecule has 150 valence electrons. The highest BCUT2D eigenvalue weighted by atomic mass is 32.2. The van der Waals surface area contributed by atoms with Crippen LogP contribution in [0.15, 0.2) is 58.1 Å². The maximum Gasteiger partial charge on any atom is 0.294 e.